The Balaban J connectivity index is 1.45. The number of piperidine rings is 1. The Bertz CT molecular complexity index is 1360. The molecule has 2 saturated heterocycles. The molecule has 8 heteroatoms. The Morgan fingerprint density at radius 1 is 1.03 bits per heavy atom. The van der Waals surface area contributed by atoms with E-state index in [1.54, 1.807) is 23.1 Å². The summed E-state index contributed by atoms with van der Waals surface area (Å²) < 4.78 is 16.4. The van der Waals surface area contributed by atoms with Crippen molar-refractivity contribution in [2.75, 3.05) is 19.6 Å². The van der Waals surface area contributed by atoms with Crippen molar-refractivity contribution in [2.45, 2.75) is 32.7 Å². The highest BCUT2D eigenvalue weighted by atomic mass is 32.2. The van der Waals surface area contributed by atoms with E-state index in [9.17, 15) is 18.8 Å². The molecule has 2 aliphatic rings. The first kappa shape index (κ1) is 23.4. The molecule has 5 rings (SSSR count). The molecule has 3 aromatic rings. The molecular formula is C27H26FN3O3S. The maximum Gasteiger partial charge on any atom is 0.294 e. The van der Waals surface area contributed by atoms with Gasteiger partial charge in [-0.1, -0.05) is 36.4 Å². The van der Waals surface area contributed by atoms with Gasteiger partial charge in [-0.15, -0.1) is 0 Å². The quantitative estimate of drug-likeness (QED) is 0.461. The second-order valence-electron chi connectivity index (χ2n) is 8.90. The van der Waals surface area contributed by atoms with Gasteiger partial charge in [-0.05, 0) is 56.2 Å². The number of nitrogens with zero attached hydrogens (tertiary/aromatic N) is 3. The number of para-hydroxylation sites is 1. The molecule has 2 aromatic carbocycles. The number of carbonyl (C=O) groups is 3. The smallest absolute Gasteiger partial charge is 0.294 e. The Kier molecular flexibility index (Phi) is 6.47. The summed E-state index contributed by atoms with van der Waals surface area (Å²) in [7, 11) is 0. The topological polar surface area (TPSA) is 62.6 Å². The van der Waals surface area contributed by atoms with Crippen molar-refractivity contribution in [3.63, 3.8) is 0 Å². The van der Waals surface area contributed by atoms with Gasteiger partial charge in [-0.3, -0.25) is 19.3 Å². The zero-order chi connectivity index (χ0) is 24.5. The van der Waals surface area contributed by atoms with Gasteiger partial charge < -0.3 is 9.47 Å². The fourth-order valence-electron chi connectivity index (χ4n) is 4.79. The van der Waals surface area contributed by atoms with Crippen molar-refractivity contribution in [2.24, 2.45) is 0 Å². The van der Waals surface area contributed by atoms with Crippen molar-refractivity contribution < 1.29 is 18.8 Å². The lowest BCUT2D eigenvalue weighted by Gasteiger charge is -2.27. The zero-order valence-electron chi connectivity index (χ0n) is 19.5. The number of benzene rings is 2. The lowest BCUT2D eigenvalue weighted by molar-refractivity contribution is -0.136. The normalized spacial score (nSPS) is 17.7. The molecule has 0 bridgehead atoms. The summed E-state index contributed by atoms with van der Waals surface area (Å²) in [5, 5.41) is 0.483. The molecule has 6 nitrogen and oxygen atoms in total. The molecule has 2 fully saturated rings. The van der Waals surface area contributed by atoms with Gasteiger partial charge in [-0.2, -0.15) is 0 Å². The summed E-state index contributed by atoms with van der Waals surface area (Å²) in [5.74, 6) is -0.910. The van der Waals surface area contributed by atoms with E-state index >= 15 is 0 Å². The summed E-state index contributed by atoms with van der Waals surface area (Å²) in [6.07, 6.45) is 4.72. The third kappa shape index (κ3) is 4.50. The van der Waals surface area contributed by atoms with Gasteiger partial charge in [-0.25, -0.2) is 4.39 Å². The highest BCUT2D eigenvalue weighted by molar-refractivity contribution is 8.18. The van der Waals surface area contributed by atoms with E-state index in [1.165, 1.54) is 6.07 Å². The van der Waals surface area contributed by atoms with Crippen molar-refractivity contribution in [1.82, 2.24) is 14.4 Å². The van der Waals surface area contributed by atoms with Crippen LogP contribution in [0.5, 0.6) is 0 Å². The first-order chi connectivity index (χ1) is 16.9. The van der Waals surface area contributed by atoms with E-state index < -0.39 is 11.1 Å². The summed E-state index contributed by atoms with van der Waals surface area (Å²) in [6, 6.07) is 14.4. The van der Waals surface area contributed by atoms with E-state index in [0.717, 1.165) is 58.1 Å². The number of fused-ring (bicyclic) bond motifs is 1. The first-order valence-electron chi connectivity index (χ1n) is 11.8. The predicted octanol–water partition coefficient (Wildman–Crippen LogP) is 5.19. The summed E-state index contributed by atoms with van der Waals surface area (Å²) in [5.41, 5.74) is 3.16. The van der Waals surface area contributed by atoms with Crippen molar-refractivity contribution in [1.29, 1.82) is 0 Å². The third-order valence-corrected chi connectivity index (χ3v) is 7.62. The van der Waals surface area contributed by atoms with Crippen molar-refractivity contribution >= 4 is 45.8 Å². The minimum Gasteiger partial charge on any atom is -0.341 e. The Morgan fingerprint density at radius 3 is 2.51 bits per heavy atom. The number of carbonyl (C=O) groups excluding carboxylic acids is 3. The number of halogens is 1. The Hall–Kier alpha value is -3.39. The molecular weight excluding hydrogens is 465 g/mol. The maximum atomic E-state index is 14.4. The highest BCUT2D eigenvalue weighted by Gasteiger charge is 2.37. The van der Waals surface area contributed by atoms with Crippen LogP contribution in [0.4, 0.5) is 9.18 Å². The minimum absolute atomic E-state index is 0.189. The Labute approximate surface area is 207 Å². The largest absolute Gasteiger partial charge is 0.341 e. The fraction of sp³-hybridized carbons (Fsp3) is 0.296. The summed E-state index contributed by atoms with van der Waals surface area (Å²) in [4.78, 5) is 41.5. The Morgan fingerprint density at radius 2 is 1.74 bits per heavy atom. The lowest BCUT2D eigenvalue weighted by Crippen LogP contribution is -2.44. The van der Waals surface area contributed by atoms with Gasteiger partial charge in [0.1, 0.15) is 12.4 Å². The van der Waals surface area contributed by atoms with Crippen LogP contribution in [0.25, 0.3) is 17.0 Å². The SMILES string of the molecule is Cc1c(/C=C2\SC(=O)N(CC(=O)N3CCCCC3)C2=O)c2ccccc2n1Cc1ccccc1F. The van der Waals surface area contributed by atoms with E-state index in [2.05, 4.69) is 0 Å². The second-order valence-corrected chi connectivity index (χ2v) is 9.90. The number of hydrogen-bond donors (Lipinski definition) is 0. The molecule has 0 saturated carbocycles. The number of thioether (sulfide) groups is 1. The average Bonchev–Trinajstić information content (AvgIpc) is 3.29. The van der Waals surface area contributed by atoms with Gasteiger partial charge in [0.15, 0.2) is 0 Å². The second kappa shape index (κ2) is 9.70. The third-order valence-electron chi connectivity index (χ3n) is 6.72. The van der Waals surface area contributed by atoms with Crippen LogP contribution in [0.3, 0.4) is 0 Å². The van der Waals surface area contributed by atoms with Gasteiger partial charge in [0, 0.05) is 40.8 Å². The van der Waals surface area contributed by atoms with Gasteiger partial charge in [0.25, 0.3) is 11.1 Å². The minimum atomic E-state index is -0.448. The number of likely N-dealkylation sites (tertiary alicyclic amines) is 1. The molecule has 0 spiro atoms. The van der Waals surface area contributed by atoms with Crippen LogP contribution in [0.2, 0.25) is 0 Å². The summed E-state index contributed by atoms with van der Waals surface area (Å²) >= 11 is 0.857. The number of amides is 3. The van der Waals surface area contributed by atoms with E-state index in [-0.39, 0.29) is 18.3 Å². The lowest BCUT2D eigenvalue weighted by atomic mass is 10.1. The van der Waals surface area contributed by atoms with Crippen LogP contribution in [0, 0.1) is 12.7 Å². The number of rotatable bonds is 5. The molecule has 0 unspecified atom stereocenters. The molecule has 3 amide bonds. The van der Waals surface area contributed by atoms with Crippen LogP contribution in [-0.2, 0) is 16.1 Å². The van der Waals surface area contributed by atoms with Crippen molar-refractivity contribution in [3.05, 3.63) is 76.1 Å². The first-order valence-corrected chi connectivity index (χ1v) is 12.6. The van der Waals surface area contributed by atoms with Gasteiger partial charge in [0.2, 0.25) is 5.91 Å². The number of hydrogen-bond acceptors (Lipinski definition) is 4. The molecule has 0 radical (unpaired) electrons. The van der Waals surface area contributed by atoms with Gasteiger partial charge in [0.05, 0.1) is 11.4 Å². The van der Waals surface area contributed by atoms with Crippen LogP contribution in [-0.4, -0.2) is 51.1 Å². The van der Waals surface area contributed by atoms with Crippen LogP contribution < -0.4 is 0 Å². The van der Waals surface area contributed by atoms with Gasteiger partial charge >= 0.3 is 0 Å². The highest BCUT2D eigenvalue weighted by Crippen LogP contribution is 2.36. The molecule has 35 heavy (non-hydrogen) atoms. The molecule has 180 valence electrons. The molecule has 3 heterocycles. The van der Waals surface area contributed by atoms with Crippen molar-refractivity contribution in [3.8, 4) is 0 Å². The van der Waals surface area contributed by atoms with Crippen LogP contribution in [0.15, 0.2) is 53.4 Å². The molecule has 0 aliphatic carbocycles. The monoisotopic (exact) mass is 491 g/mol. The zero-order valence-corrected chi connectivity index (χ0v) is 20.3. The van der Waals surface area contributed by atoms with Crippen LogP contribution in [0.1, 0.15) is 36.1 Å². The van der Waals surface area contributed by atoms with Crippen LogP contribution >= 0.6 is 11.8 Å². The van der Waals surface area contributed by atoms with E-state index in [1.807, 2.05) is 41.8 Å². The molecule has 2 aliphatic heterocycles. The number of imide groups is 1. The molecule has 1 aromatic heterocycles. The average molecular weight is 492 g/mol. The molecule has 0 atom stereocenters. The maximum absolute atomic E-state index is 14.4. The van der Waals surface area contributed by atoms with E-state index in [4.69, 9.17) is 0 Å². The van der Waals surface area contributed by atoms with E-state index in [0.29, 0.717) is 30.1 Å². The fourth-order valence-corrected chi connectivity index (χ4v) is 5.61. The standard InChI is InChI=1S/C27H26FN3O3S/c1-18-21(20-10-4-6-12-23(20)30(18)16-19-9-3-5-11-22(19)28)15-24-26(33)31(27(34)35-24)17-25(32)29-13-7-2-8-14-29/h3-6,9-12,15H,2,7-8,13-14,16-17H2,1H3/b24-15-. The molecule has 0 N–H and O–H groups in total. The summed E-state index contributed by atoms with van der Waals surface area (Å²) in [6.45, 7) is 3.39. The number of aromatic nitrogens is 1. The predicted molar refractivity (Wildman–Crippen MR) is 135 cm³/mol.